The maximum atomic E-state index is 12.5. The number of urea groups is 1. The summed E-state index contributed by atoms with van der Waals surface area (Å²) in [5, 5.41) is 4.68. The number of H-pyrrole nitrogens is 1. The lowest BCUT2D eigenvalue weighted by Crippen LogP contribution is -2.56. The average Bonchev–Trinajstić information content (AvgIpc) is 3.02. The van der Waals surface area contributed by atoms with Crippen molar-refractivity contribution < 1.29 is 4.79 Å². The second-order valence-corrected chi connectivity index (χ2v) is 7.46. The Labute approximate surface area is 149 Å². The van der Waals surface area contributed by atoms with Gasteiger partial charge in [-0.25, -0.2) is 4.79 Å². The molecule has 0 bridgehead atoms. The predicted octanol–water partition coefficient (Wildman–Crippen LogP) is 2.93. The second-order valence-electron chi connectivity index (χ2n) is 7.46. The number of benzene rings is 1. The highest BCUT2D eigenvalue weighted by Crippen LogP contribution is 2.42. The molecule has 1 fully saturated rings. The number of piperidine rings is 1. The maximum Gasteiger partial charge on any atom is 0.317 e. The Morgan fingerprint density at radius 2 is 2.16 bits per heavy atom. The van der Waals surface area contributed by atoms with Gasteiger partial charge in [-0.1, -0.05) is 12.1 Å². The number of hydrogen-bond donors (Lipinski definition) is 2. The number of aromatic nitrogens is 1. The molecule has 3 atom stereocenters. The number of likely N-dealkylation sites (N-methyl/N-ethyl adjacent to an activating group) is 1. The standard InChI is InChI=1S/C20H28N4O/c1-4-24(5-2)20(25)22-14-10-16-15-7-6-8-17-19(15)13(11-21-17)9-18(16)23(3)12-14/h6-8,11,14,16,18,21H,4-5,9-10,12H2,1-3H3,(H,22,25)/t14-,16-,18-/m1/s1. The van der Waals surface area contributed by atoms with Crippen molar-refractivity contribution in [2.45, 2.75) is 44.7 Å². The van der Waals surface area contributed by atoms with E-state index < -0.39 is 0 Å². The van der Waals surface area contributed by atoms with Crippen LogP contribution in [0.25, 0.3) is 10.9 Å². The van der Waals surface area contributed by atoms with Crippen molar-refractivity contribution in [2.24, 2.45) is 0 Å². The van der Waals surface area contributed by atoms with E-state index in [-0.39, 0.29) is 12.1 Å². The molecule has 0 radical (unpaired) electrons. The van der Waals surface area contributed by atoms with Crippen molar-refractivity contribution in [3.63, 3.8) is 0 Å². The molecule has 0 saturated carbocycles. The van der Waals surface area contributed by atoms with Gasteiger partial charge in [-0.05, 0) is 50.9 Å². The molecule has 25 heavy (non-hydrogen) atoms. The van der Waals surface area contributed by atoms with Crippen molar-refractivity contribution in [1.29, 1.82) is 0 Å². The third kappa shape index (κ3) is 2.71. The van der Waals surface area contributed by atoms with Crippen LogP contribution in [0.4, 0.5) is 4.79 Å². The first-order valence-electron chi connectivity index (χ1n) is 9.46. The van der Waals surface area contributed by atoms with Gasteiger partial charge in [0, 0.05) is 54.7 Å². The molecule has 134 valence electrons. The van der Waals surface area contributed by atoms with E-state index in [1.807, 2.05) is 18.7 Å². The molecule has 0 spiro atoms. The summed E-state index contributed by atoms with van der Waals surface area (Å²) >= 11 is 0. The summed E-state index contributed by atoms with van der Waals surface area (Å²) in [7, 11) is 2.20. The Balaban J connectivity index is 1.60. The molecule has 1 aromatic heterocycles. The molecule has 2 N–H and O–H groups in total. The number of nitrogens with zero attached hydrogens (tertiary/aromatic N) is 2. The summed E-state index contributed by atoms with van der Waals surface area (Å²) in [6.07, 6.45) is 4.28. The van der Waals surface area contributed by atoms with E-state index in [0.717, 1.165) is 32.5 Å². The van der Waals surface area contributed by atoms with Crippen LogP contribution in [0.15, 0.2) is 24.4 Å². The van der Waals surface area contributed by atoms with Crippen molar-refractivity contribution in [2.75, 3.05) is 26.7 Å². The van der Waals surface area contributed by atoms with Gasteiger partial charge in [0.15, 0.2) is 0 Å². The van der Waals surface area contributed by atoms with Gasteiger partial charge in [0.2, 0.25) is 0 Å². The molecule has 1 saturated heterocycles. The third-order valence-electron chi connectivity index (χ3n) is 6.10. The zero-order chi connectivity index (χ0) is 17.6. The minimum atomic E-state index is 0.0678. The Bertz CT molecular complexity index is 779. The number of carbonyl (C=O) groups excluding carboxylic acids is 1. The van der Waals surface area contributed by atoms with E-state index in [1.54, 1.807) is 0 Å². The van der Waals surface area contributed by atoms with E-state index in [2.05, 4.69) is 46.6 Å². The van der Waals surface area contributed by atoms with Gasteiger partial charge in [-0.15, -0.1) is 0 Å². The number of amides is 2. The molecule has 1 aliphatic carbocycles. The summed E-state index contributed by atoms with van der Waals surface area (Å²) in [5.74, 6) is 0.479. The molecular formula is C20H28N4O. The van der Waals surface area contributed by atoms with Crippen molar-refractivity contribution in [1.82, 2.24) is 20.1 Å². The van der Waals surface area contributed by atoms with Crippen LogP contribution >= 0.6 is 0 Å². The lowest BCUT2D eigenvalue weighted by molar-refractivity contribution is 0.124. The molecule has 4 rings (SSSR count). The van der Waals surface area contributed by atoms with E-state index >= 15 is 0 Å². The van der Waals surface area contributed by atoms with Crippen LogP contribution < -0.4 is 5.32 Å². The SMILES string of the molecule is CCN(CC)C(=O)N[C@@H]1C[C@@H]2c3cccc4[nH]cc(c34)C[C@H]2N(C)C1. The third-order valence-corrected chi connectivity index (χ3v) is 6.10. The minimum absolute atomic E-state index is 0.0678. The molecule has 2 heterocycles. The lowest BCUT2D eigenvalue weighted by Gasteiger charge is -2.45. The predicted molar refractivity (Wildman–Crippen MR) is 101 cm³/mol. The van der Waals surface area contributed by atoms with Crippen LogP contribution in [0.2, 0.25) is 0 Å². The largest absolute Gasteiger partial charge is 0.361 e. The van der Waals surface area contributed by atoms with Gasteiger partial charge in [0.1, 0.15) is 0 Å². The Kier molecular flexibility index (Phi) is 4.20. The van der Waals surface area contributed by atoms with Gasteiger partial charge in [-0.2, -0.15) is 0 Å². The van der Waals surface area contributed by atoms with Gasteiger partial charge in [0.05, 0.1) is 0 Å². The molecule has 5 heteroatoms. The highest BCUT2D eigenvalue weighted by atomic mass is 16.2. The van der Waals surface area contributed by atoms with Gasteiger partial charge in [0.25, 0.3) is 0 Å². The number of carbonyl (C=O) groups is 1. The summed E-state index contributed by atoms with van der Waals surface area (Å²) in [5.41, 5.74) is 4.12. The number of aromatic amines is 1. The van der Waals surface area contributed by atoms with Crippen LogP contribution in [-0.2, 0) is 6.42 Å². The van der Waals surface area contributed by atoms with Gasteiger partial charge < -0.3 is 20.1 Å². The summed E-state index contributed by atoms with van der Waals surface area (Å²) in [4.78, 5) is 20.2. The first-order valence-corrected chi connectivity index (χ1v) is 9.46. The van der Waals surface area contributed by atoms with Crippen molar-refractivity contribution in [3.05, 3.63) is 35.5 Å². The van der Waals surface area contributed by atoms with Crippen LogP contribution in [0.3, 0.4) is 0 Å². The first kappa shape index (κ1) is 16.5. The highest BCUT2D eigenvalue weighted by Gasteiger charge is 2.39. The molecule has 5 nitrogen and oxygen atoms in total. The summed E-state index contributed by atoms with van der Waals surface area (Å²) in [6.45, 7) is 6.48. The van der Waals surface area contributed by atoms with Gasteiger partial charge >= 0.3 is 6.03 Å². The number of hydrogen-bond acceptors (Lipinski definition) is 2. The van der Waals surface area contributed by atoms with Crippen LogP contribution in [0.1, 0.15) is 37.3 Å². The number of nitrogens with one attached hydrogen (secondary N) is 2. The van der Waals surface area contributed by atoms with E-state index in [9.17, 15) is 4.79 Å². The van der Waals surface area contributed by atoms with Crippen LogP contribution in [-0.4, -0.2) is 59.6 Å². The van der Waals surface area contributed by atoms with Gasteiger partial charge in [-0.3, -0.25) is 0 Å². The summed E-state index contributed by atoms with van der Waals surface area (Å²) < 4.78 is 0. The Morgan fingerprint density at radius 3 is 2.92 bits per heavy atom. The fraction of sp³-hybridized carbons (Fsp3) is 0.550. The lowest BCUT2D eigenvalue weighted by atomic mass is 9.74. The first-order chi connectivity index (χ1) is 12.1. The minimum Gasteiger partial charge on any atom is -0.361 e. The molecule has 2 aromatic rings. The molecular weight excluding hydrogens is 312 g/mol. The maximum absolute atomic E-state index is 12.5. The van der Waals surface area contributed by atoms with E-state index in [0.29, 0.717) is 12.0 Å². The number of likely N-dealkylation sites (tertiary alicyclic amines) is 1. The fourth-order valence-electron chi connectivity index (χ4n) is 4.82. The number of fused-ring (bicyclic) bond motifs is 2. The molecule has 2 amide bonds. The second kappa shape index (κ2) is 6.37. The fourth-order valence-corrected chi connectivity index (χ4v) is 4.82. The Morgan fingerprint density at radius 1 is 1.36 bits per heavy atom. The Hall–Kier alpha value is -2.01. The zero-order valence-electron chi connectivity index (χ0n) is 15.4. The molecule has 0 unspecified atom stereocenters. The van der Waals surface area contributed by atoms with E-state index in [4.69, 9.17) is 0 Å². The van der Waals surface area contributed by atoms with E-state index in [1.165, 1.54) is 22.0 Å². The monoisotopic (exact) mass is 340 g/mol. The van der Waals surface area contributed by atoms with Crippen molar-refractivity contribution in [3.8, 4) is 0 Å². The highest BCUT2D eigenvalue weighted by molar-refractivity contribution is 5.88. The summed E-state index contributed by atoms with van der Waals surface area (Å²) in [6, 6.07) is 7.38. The van der Waals surface area contributed by atoms with Crippen LogP contribution in [0, 0.1) is 0 Å². The molecule has 2 aliphatic rings. The molecule has 1 aromatic carbocycles. The van der Waals surface area contributed by atoms with Crippen LogP contribution in [0.5, 0.6) is 0 Å². The zero-order valence-corrected chi connectivity index (χ0v) is 15.4. The topological polar surface area (TPSA) is 51.4 Å². The average molecular weight is 340 g/mol. The number of rotatable bonds is 3. The normalized spacial score (nSPS) is 25.6. The smallest absolute Gasteiger partial charge is 0.317 e. The van der Waals surface area contributed by atoms with Crippen molar-refractivity contribution >= 4 is 16.9 Å². The molecule has 1 aliphatic heterocycles. The quantitative estimate of drug-likeness (QED) is 0.903.